The first-order chi connectivity index (χ1) is 12.8. The van der Waals surface area contributed by atoms with Crippen LogP contribution in [0, 0.1) is 5.92 Å². The van der Waals surface area contributed by atoms with Crippen LogP contribution >= 0.6 is 0 Å². The summed E-state index contributed by atoms with van der Waals surface area (Å²) in [4.78, 5) is 17.4. The lowest BCUT2D eigenvalue weighted by molar-refractivity contribution is 0.0779. The zero-order chi connectivity index (χ0) is 17.8. The number of nitrogens with zero attached hydrogens (tertiary/aromatic N) is 2. The first kappa shape index (κ1) is 17.8. The van der Waals surface area contributed by atoms with E-state index in [0.717, 1.165) is 56.4 Å². The molecule has 142 valence electrons. The Balaban J connectivity index is 1.36. The average molecular weight is 357 g/mol. The van der Waals surface area contributed by atoms with Gasteiger partial charge in [-0.15, -0.1) is 0 Å². The molecule has 3 aliphatic rings. The number of para-hydroxylation sites is 1. The Kier molecular flexibility index (Phi) is 5.78. The molecular weight excluding hydrogens is 324 g/mol. The first-order valence-electron chi connectivity index (χ1n) is 10.6. The molecule has 1 aromatic rings. The lowest BCUT2D eigenvalue weighted by Crippen LogP contribution is -2.43. The summed E-state index contributed by atoms with van der Waals surface area (Å²) < 4.78 is 6.19. The van der Waals surface area contributed by atoms with Crippen LogP contribution in [0.5, 0.6) is 5.75 Å². The Bertz CT molecular complexity index is 606. The molecular formula is C22H32N2O2. The Morgan fingerprint density at radius 1 is 0.962 bits per heavy atom. The molecule has 4 rings (SSSR count). The molecule has 0 radical (unpaired) electrons. The van der Waals surface area contributed by atoms with Crippen molar-refractivity contribution in [3.63, 3.8) is 0 Å². The monoisotopic (exact) mass is 356 g/mol. The molecule has 4 heteroatoms. The maximum absolute atomic E-state index is 12.8. The SMILES string of the molecule is O=C(c1ccccc1OCC1CCCN(C2CCCC2)C1)N1CCCC1. The number of benzene rings is 1. The van der Waals surface area contributed by atoms with Gasteiger partial charge in [-0.05, 0) is 57.2 Å². The number of carbonyl (C=O) groups is 1. The van der Waals surface area contributed by atoms with Crippen LogP contribution < -0.4 is 4.74 Å². The highest BCUT2D eigenvalue weighted by molar-refractivity contribution is 5.97. The standard InChI is InChI=1S/C22H32N2O2/c25-22(23-13-5-6-14-23)20-11-3-4-12-21(20)26-17-18-8-7-15-24(16-18)19-9-1-2-10-19/h3-4,11-12,18-19H,1-2,5-10,13-17H2. The van der Waals surface area contributed by atoms with E-state index in [9.17, 15) is 4.79 Å². The van der Waals surface area contributed by atoms with Crippen molar-refractivity contribution in [2.24, 2.45) is 5.92 Å². The van der Waals surface area contributed by atoms with Crippen LogP contribution in [0.4, 0.5) is 0 Å². The fourth-order valence-corrected chi connectivity index (χ4v) is 4.90. The molecule has 0 bridgehead atoms. The van der Waals surface area contributed by atoms with E-state index in [-0.39, 0.29) is 5.91 Å². The van der Waals surface area contributed by atoms with Crippen LogP contribution in [0.25, 0.3) is 0 Å². The number of hydrogen-bond donors (Lipinski definition) is 0. The van der Waals surface area contributed by atoms with Gasteiger partial charge in [0.15, 0.2) is 0 Å². The fraction of sp³-hybridized carbons (Fsp3) is 0.682. The molecule has 1 aromatic carbocycles. The van der Waals surface area contributed by atoms with Gasteiger partial charge in [0.1, 0.15) is 5.75 Å². The van der Waals surface area contributed by atoms with Gasteiger partial charge in [-0.25, -0.2) is 0 Å². The van der Waals surface area contributed by atoms with Gasteiger partial charge >= 0.3 is 0 Å². The van der Waals surface area contributed by atoms with E-state index in [1.165, 1.54) is 45.1 Å². The molecule has 1 aliphatic carbocycles. The second-order valence-electron chi connectivity index (χ2n) is 8.25. The Morgan fingerprint density at radius 2 is 1.73 bits per heavy atom. The minimum atomic E-state index is 0.134. The zero-order valence-electron chi connectivity index (χ0n) is 15.9. The molecule has 0 spiro atoms. The Labute approximate surface area is 157 Å². The van der Waals surface area contributed by atoms with Gasteiger partial charge in [-0.2, -0.15) is 0 Å². The summed E-state index contributed by atoms with van der Waals surface area (Å²) >= 11 is 0. The van der Waals surface area contributed by atoms with Crippen LogP contribution in [0.2, 0.25) is 0 Å². The number of carbonyl (C=O) groups excluding carboxylic acids is 1. The number of piperidine rings is 1. The molecule has 1 atom stereocenters. The number of hydrogen-bond acceptors (Lipinski definition) is 3. The maximum atomic E-state index is 12.8. The van der Waals surface area contributed by atoms with Crippen LogP contribution in [0.3, 0.4) is 0 Å². The highest BCUT2D eigenvalue weighted by atomic mass is 16.5. The summed E-state index contributed by atoms with van der Waals surface area (Å²) in [5, 5.41) is 0. The molecule has 3 fully saturated rings. The third-order valence-corrected chi connectivity index (χ3v) is 6.38. The third kappa shape index (κ3) is 4.06. The molecule has 2 heterocycles. The second kappa shape index (κ2) is 8.43. The van der Waals surface area contributed by atoms with Crippen molar-refractivity contribution in [1.82, 2.24) is 9.80 Å². The van der Waals surface area contributed by atoms with Crippen molar-refractivity contribution < 1.29 is 9.53 Å². The summed E-state index contributed by atoms with van der Waals surface area (Å²) in [6.45, 7) is 4.91. The third-order valence-electron chi connectivity index (χ3n) is 6.38. The molecule has 1 amide bonds. The van der Waals surface area contributed by atoms with Crippen molar-refractivity contribution in [2.45, 2.75) is 57.4 Å². The summed E-state index contributed by atoms with van der Waals surface area (Å²) in [5.41, 5.74) is 0.734. The van der Waals surface area contributed by atoms with E-state index < -0.39 is 0 Å². The zero-order valence-corrected chi connectivity index (χ0v) is 15.9. The van der Waals surface area contributed by atoms with Crippen LogP contribution in [-0.2, 0) is 0 Å². The Hall–Kier alpha value is -1.55. The number of rotatable bonds is 5. The molecule has 1 saturated carbocycles. The molecule has 2 aliphatic heterocycles. The van der Waals surface area contributed by atoms with Gasteiger partial charge in [0.05, 0.1) is 12.2 Å². The van der Waals surface area contributed by atoms with E-state index in [1.807, 2.05) is 29.2 Å². The normalized spacial score (nSPS) is 24.9. The van der Waals surface area contributed by atoms with E-state index >= 15 is 0 Å². The molecule has 0 aromatic heterocycles. The van der Waals surface area contributed by atoms with Crippen molar-refractivity contribution in [2.75, 3.05) is 32.8 Å². The number of likely N-dealkylation sites (tertiary alicyclic amines) is 2. The van der Waals surface area contributed by atoms with Crippen molar-refractivity contribution in [3.05, 3.63) is 29.8 Å². The van der Waals surface area contributed by atoms with E-state index in [2.05, 4.69) is 4.90 Å². The topological polar surface area (TPSA) is 32.8 Å². The Morgan fingerprint density at radius 3 is 2.54 bits per heavy atom. The van der Waals surface area contributed by atoms with Crippen molar-refractivity contribution in [1.29, 1.82) is 0 Å². The van der Waals surface area contributed by atoms with E-state index in [0.29, 0.717) is 5.92 Å². The summed E-state index contributed by atoms with van der Waals surface area (Å²) in [5.74, 6) is 1.48. The highest BCUT2D eigenvalue weighted by Crippen LogP contribution is 2.29. The predicted octanol–water partition coefficient (Wildman–Crippen LogP) is 3.96. The molecule has 26 heavy (non-hydrogen) atoms. The quantitative estimate of drug-likeness (QED) is 0.801. The summed E-state index contributed by atoms with van der Waals surface area (Å²) in [7, 11) is 0. The predicted molar refractivity (Wildman–Crippen MR) is 104 cm³/mol. The number of amides is 1. The second-order valence-corrected chi connectivity index (χ2v) is 8.25. The van der Waals surface area contributed by atoms with Gasteiger partial charge in [-0.1, -0.05) is 25.0 Å². The summed E-state index contributed by atoms with van der Waals surface area (Å²) in [6.07, 6.45) is 10.3. The summed E-state index contributed by atoms with van der Waals surface area (Å²) in [6, 6.07) is 8.60. The minimum Gasteiger partial charge on any atom is -0.492 e. The van der Waals surface area contributed by atoms with Crippen molar-refractivity contribution in [3.8, 4) is 5.75 Å². The number of ether oxygens (including phenoxy) is 1. The van der Waals surface area contributed by atoms with Gasteiger partial charge in [0.25, 0.3) is 5.91 Å². The molecule has 2 saturated heterocycles. The van der Waals surface area contributed by atoms with E-state index in [1.54, 1.807) is 0 Å². The fourth-order valence-electron chi connectivity index (χ4n) is 4.90. The lowest BCUT2D eigenvalue weighted by atomic mass is 9.97. The van der Waals surface area contributed by atoms with Crippen LogP contribution in [0.15, 0.2) is 24.3 Å². The van der Waals surface area contributed by atoms with E-state index in [4.69, 9.17) is 4.74 Å². The molecule has 0 N–H and O–H groups in total. The van der Waals surface area contributed by atoms with Crippen molar-refractivity contribution >= 4 is 5.91 Å². The largest absolute Gasteiger partial charge is 0.492 e. The highest BCUT2D eigenvalue weighted by Gasteiger charge is 2.28. The van der Waals surface area contributed by atoms with Crippen LogP contribution in [0.1, 0.15) is 61.7 Å². The smallest absolute Gasteiger partial charge is 0.257 e. The maximum Gasteiger partial charge on any atom is 0.257 e. The average Bonchev–Trinajstić information content (AvgIpc) is 3.40. The van der Waals surface area contributed by atoms with Gasteiger partial charge < -0.3 is 9.64 Å². The van der Waals surface area contributed by atoms with Gasteiger partial charge in [0, 0.05) is 31.6 Å². The lowest BCUT2D eigenvalue weighted by Gasteiger charge is -2.36. The molecule has 4 nitrogen and oxygen atoms in total. The molecule has 1 unspecified atom stereocenters. The van der Waals surface area contributed by atoms with Gasteiger partial charge in [0.2, 0.25) is 0 Å². The van der Waals surface area contributed by atoms with Gasteiger partial charge in [-0.3, -0.25) is 9.69 Å². The minimum absolute atomic E-state index is 0.134. The van der Waals surface area contributed by atoms with Crippen LogP contribution in [-0.4, -0.2) is 54.5 Å². The first-order valence-corrected chi connectivity index (χ1v) is 10.6.